The molecule has 4 atom stereocenters. The van der Waals surface area contributed by atoms with Crippen molar-refractivity contribution in [2.45, 2.75) is 161 Å². The summed E-state index contributed by atoms with van der Waals surface area (Å²) in [6.45, 7) is 21.2. The molecule has 2 unspecified atom stereocenters. The minimum atomic E-state index is -1.99. The van der Waals surface area contributed by atoms with Crippen LogP contribution in [0.15, 0.2) is 30.3 Å². The van der Waals surface area contributed by atoms with Crippen LogP contribution in [0.5, 0.6) is 0 Å². The number of likely N-dealkylation sites (tertiary alicyclic amines) is 1. The summed E-state index contributed by atoms with van der Waals surface area (Å²) in [6.07, 6.45) is 10.2. The molecule has 1 amide bonds. The number of benzene rings is 1. The predicted molar refractivity (Wildman–Crippen MR) is 182 cm³/mol. The van der Waals surface area contributed by atoms with E-state index in [2.05, 4.69) is 52.9 Å². The van der Waals surface area contributed by atoms with Crippen molar-refractivity contribution in [3.8, 4) is 0 Å². The number of ketones is 1. The first-order valence-electron chi connectivity index (χ1n) is 17.4. The Kier molecular flexibility index (Phi) is 13.1. The van der Waals surface area contributed by atoms with Crippen molar-refractivity contribution in [1.29, 1.82) is 0 Å². The molecule has 3 rings (SSSR count). The molecule has 1 heterocycles. The van der Waals surface area contributed by atoms with Gasteiger partial charge in [-0.15, -0.1) is 0 Å². The standard InChI is InChI=1S/C37H63NO5Si/c1-10-11-12-16-20-31(43-44(8,9)36(5,6)7)22-23-32-33(39)24-21-30(28-41-27-29-18-14-13-15-19-29)37(32)25-17-26-38(37)34(40)42-35(2,3)4/h13-15,18-19,30-32H,10-12,16-17,20-28H2,1-9H3/t30-,31-,32?,37?/m0/s1. The monoisotopic (exact) mass is 629 g/mol. The highest BCUT2D eigenvalue weighted by Gasteiger charge is 2.58. The number of amides is 1. The fourth-order valence-electron chi connectivity index (χ4n) is 7.07. The van der Waals surface area contributed by atoms with E-state index >= 15 is 0 Å². The molecule has 7 heteroatoms. The maximum absolute atomic E-state index is 14.0. The van der Waals surface area contributed by atoms with Crippen molar-refractivity contribution in [3.05, 3.63) is 35.9 Å². The zero-order valence-electron chi connectivity index (χ0n) is 29.5. The van der Waals surface area contributed by atoms with Crippen molar-refractivity contribution < 1.29 is 23.5 Å². The maximum atomic E-state index is 14.0. The first kappa shape index (κ1) is 36.8. The van der Waals surface area contributed by atoms with Gasteiger partial charge in [-0.1, -0.05) is 83.7 Å². The Morgan fingerprint density at radius 3 is 2.39 bits per heavy atom. The van der Waals surface area contributed by atoms with Gasteiger partial charge in [0, 0.05) is 30.9 Å². The van der Waals surface area contributed by atoms with Gasteiger partial charge in [-0.2, -0.15) is 0 Å². The fourth-order valence-corrected chi connectivity index (χ4v) is 8.49. The van der Waals surface area contributed by atoms with Crippen molar-refractivity contribution in [1.82, 2.24) is 4.90 Å². The summed E-state index contributed by atoms with van der Waals surface area (Å²) in [5, 5.41) is 0.122. The summed E-state index contributed by atoms with van der Waals surface area (Å²) in [7, 11) is -1.99. The van der Waals surface area contributed by atoms with Crippen LogP contribution in [0.4, 0.5) is 4.79 Å². The van der Waals surface area contributed by atoms with E-state index in [-0.39, 0.29) is 34.9 Å². The lowest BCUT2D eigenvalue weighted by molar-refractivity contribution is -0.138. The minimum absolute atomic E-state index is 0.0771. The predicted octanol–water partition coefficient (Wildman–Crippen LogP) is 9.71. The third kappa shape index (κ3) is 9.65. The zero-order chi connectivity index (χ0) is 32.6. The number of unbranched alkanes of at least 4 members (excludes halogenated alkanes) is 3. The molecule has 1 saturated carbocycles. The van der Waals surface area contributed by atoms with E-state index < -0.39 is 19.5 Å². The molecule has 0 N–H and O–H groups in total. The van der Waals surface area contributed by atoms with Crippen LogP contribution >= 0.6 is 0 Å². The van der Waals surface area contributed by atoms with E-state index in [4.69, 9.17) is 13.9 Å². The van der Waals surface area contributed by atoms with Crippen LogP contribution in [0.3, 0.4) is 0 Å². The zero-order valence-corrected chi connectivity index (χ0v) is 30.5. The molecule has 2 aliphatic rings. The molecule has 0 bridgehead atoms. The van der Waals surface area contributed by atoms with E-state index in [1.165, 1.54) is 19.3 Å². The first-order valence-corrected chi connectivity index (χ1v) is 20.3. The summed E-state index contributed by atoms with van der Waals surface area (Å²) < 4.78 is 19.4. The lowest BCUT2D eigenvalue weighted by Crippen LogP contribution is -2.63. The molecule has 1 aromatic rings. The highest BCUT2D eigenvalue weighted by molar-refractivity contribution is 6.74. The Labute approximate surface area is 270 Å². The van der Waals surface area contributed by atoms with Gasteiger partial charge in [-0.05, 0) is 83.0 Å². The molecule has 1 aromatic carbocycles. The van der Waals surface area contributed by atoms with Crippen LogP contribution in [0.1, 0.15) is 125 Å². The molecule has 0 aromatic heterocycles. The summed E-state index contributed by atoms with van der Waals surface area (Å²) in [5.74, 6) is 0.128. The molecule has 6 nitrogen and oxygen atoms in total. The Hall–Kier alpha value is -1.70. The highest BCUT2D eigenvalue weighted by Crippen LogP contribution is 2.50. The number of carbonyl (C=O) groups is 2. The molecule has 1 aliphatic carbocycles. The maximum Gasteiger partial charge on any atom is 0.410 e. The van der Waals surface area contributed by atoms with E-state index in [9.17, 15) is 9.59 Å². The quantitative estimate of drug-likeness (QED) is 0.151. The van der Waals surface area contributed by atoms with Crippen LogP contribution < -0.4 is 0 Å². The van der Waals surface area contributed by atoms with E-state index in [0.29, 0.717) is 26.2 Å². The van der Waals surface area contributed by atoms with E-state index in [0.717, 1.165) is 50.5 Å². The number of nitrogens with zero attached hydrogens (tertiary/aromatic N) is 1. The van der Waals surface area contributed by atoms with Gasteiger partial charge in [0.2, 0.25) is 0 Å². The average Bonchev–Trinajstić information content (AvgIpc) is 3.36. The number of hydrogen-bond acceptors (Lipinski definition) is 5. The van der Waals surface area contributed by atoms with Crippen molar-refractivity contribution in [3.63, 3.8) is 0 Å². The third-order valence-electron chi connectivity index (χ3n) is 10.4. The van der Waals surface area contributed by atoms with Gasteiger partial charge in [0.25, 0.3) is 0 Å². The number of carbonyl (C=O) groups excluding carboxylic acids is 2. The van der Waals surface area contributed by atoms with Gasteiger partial charge >= 0.3 is 6.09 Å². The van der Waals surface area contributed by atoms with Crippen molar-refractivity contribution in [2.24, 2.45) is 11.8 Å². The van der Waals surface area contributed by atoms with Crippen LogP contribution in [0, 0.1) is 11.8 Å². The van der Waals surface area contributed by atoms with Crippen LogP contribution in [-0.4, -0.2) is 55.5 Å². The van der Waals surface area contributed by atoms with Gasteiger partial charge in [0.05, 0.1) is 18.8 Å². The van der Waals surface area contributed by atoms with Gasteiger partial charge in [-0.25, -0.2) is 4.79 Å². The molecule has 1 aliphatic heterocycles. The highest BCUT2D eigenvalue weighted by atomic mass is 28.4. The molecule has 250 valence electrons. The molecule has 44 heavy (non-hydrogen) atoms. The van der Waals surface area contributed by atoms with Crippen molar-refractivity contribution >= 4 is 20.2 Å². The third-order valence-corrected chi connectivity index (χ3v) is 14.9. The number of Topliss-reactive ketones (excluding diaryl/α,β-unsaturated/α-hetero) is 1. The normalized spacial score (nSPS) is 23.8. The molecular weight excluding hydrogens is 566 g/mol. The molecule has 1 saturated heterocycles. The second-order valence-electron chi connectivity index (χ2n) is 15.9. The Morgan fingerprint density at radius 1 is 1.05 bits per heavy atom. The SMILES string of the molecule is CCCCCC[C@@H](CCC1C(=O)CC[C@@H](COCc2ccccc2)C12CCCN2C(=O)OC(C)(C)C)O[Si](C)(C)C(C)(C)C. The van der Waals surface area contributed by atoms with Crippen LogP contribution in [0.2, 0.25) is 18.1 Å². The molecule has 0 radical (unpaired) electrons. The second kappa shape index (κ2) is 15.7. The van der Waals surface area contributed by atoms with Gasteiger partial charge in [0.15, 0.2) is 8.32 Å². The number of rotatable bonds is 14. The Balaban J connectivity index is 1.89. The van der Waals surface area contributed by atoms with Gasteiger partial charge in [0.1, 0.15) is 11.4 Å². The van der Waals surface area contributed by atoms with Gasteiger partial charge < -0.3 is 18.8 Å². The largest absolute Gasteiger partial charge is 0.444 e. The minimum Gasteiger partial charge on any atom is -0.444 e. The summed E-state index contributed by atoms with van der Waals surface area (Å²) >= 11 is 0. The van der Waals surface area contributed by atoms with Crippen LogP contribution in [0.25, 0.3) is 0 Å². The van der Waals surface area contributed by atoms with Gasteiger partial charge in [-0.3, -0.25) is 4.79 Å². The average molecular weight is 630 g/mol. The summed E-state index contributed by atoms with van der Waals surface area (Å²) in [6, 6.07) is 10.2. The summed E-state index contributed by atoms with van der Waals surface area (Å²) in [5.41, 5.74) is -0.0541. The Bertz CT molecular complexity index is 1050. The van der Waals surface area contributed by atoms with E-state index in [1.807, 2.05) is 43.9 Å². The fraction of sp³-hybridized carbons (Fsp3) is 0.784. The topological polar surface area (TPSA) is 65.1 Å². The van der Waals surface area contributed by atoms with Crippen molar-refractivity contribution in [2.75, 3.05) is 13.2 Å². The lowest BCUT2D eigenvalue weighted by Gasteiger charge is -2.52. The second-order valence-corrected chi connectivity index (χ2v) is 20.7. The number of hydrogen-bond donors (Lipinski definition) is 0. The molecule has 1 spiro atoms. The Morgan fingerprint density at radius 2 is 1.75 bits per heavy atom. The molecular formula is C37H63NO5Si. The van der Waals surface area contributed by atoms with Crippen LogP contribution in [-0.2, 0) is 25.3 Å². The smallest absolute Gasteiger partial charge is 0.410 e. The number of ether oxygens (including phenoxy) is 2. The lowest BCUT2D eigenvalue weighted by atomic mass is 9.62. The van der Waals surface area contributed by atoms with E-state index in [1.54, 1.807) is 0 Å². The molecule has 2 fully saturated rings. The first-order chi connectivity index (χ1) is 20.6. The summed E-state index contributed by atoms with van der Waals surface area (Å²) in [4.78, 5) is 29.7.